The zero-order valence-corrected chi connectivity index (χ0v) is 19.0. The first kappa shape index (κ1) is 21.3. The molecule has 0 fully saturated rings. The van der Waals surface area contributed by atoms with Crippen LogP contribution in [0.4, 0.5) is 0 Å². The SMILES string of the molecule is CCC(C)c1ccc(Cn2c(CCCNC(=O)c3cccs3)nc3ccccc32)cc1. The normalized spacial score (nSPS) is 12.2. The van der Waals surface area contributed by atoms with Gasteiger partial charge in [-0.05, 0) is 53.5 Å². The number of carbonyl (C=O) groups excluding carboxylic acids is 1. The molecule has 0 aliphatic heterocycles. The summed E-state index contributed by atoms with van der Waals surface area (Å²) in [6.45, 7) is 5.95. The molecule has 1 atom stereocenters. The molecule has 4 rings (SSSR count). The Labute approximate surface area is 188 Å². The van der Waals surface area contributed by atoms with E-state index in [0.717, 1.165) is 47.5 Å². The molecular weight excluding hydrogens is 402 g/mol. The zero-order chi connectivity index (χ0) is 21.6. The molecule has 2 aromatic heterocycles. The molecule has 5 heteroatoms. The number of benzene rings is 2. The highest BCUT2D eigenvalue weighted by Crippen LogP contribution is 2.22. The average molecular weight is 432 g/mol. The Morgan fingerprint density at radius 2 is 1.90 bits per heavy atom. The molecule has 31 heavy (non-hydrogen) atoms. The van der Waals surface area contributed by atoms with Gasteiger partial charge in [-0.25, -0.2) is 4.98 Å². The predicted octanol–water partition coefficient (Wildman–Crippen LogP) is 6.02. The molecule has 4 nitrogen and oxygen atoms in total. The smallest absolute Gasteiger partial charge is 0.261 e. The maximum atomic E-state index is 12.1. The molecule has 0 aliphatic carbocycles. The molecule has 0 aliphatic rings. The van der Waals surface area contributed by atoms with Crippen LogP contribution in [0.2, 0.25) is 0 Å². The second kappa shape index (κ2) is 9.92. The monoisotopic (exact) mass is 431 g/mol. The fraction of sp³-hybridized carbons (Fsp3) is 0.308. The van der Waals surface area contributed by atoms with Gasteiger partial charge in [0.2, 0.25) is 0 Å². The summed E-state index contributed by atoms with van der Waals surface area (Å²) in [6.07, 6.45) is 2.83. The quantitative estimate of drug-likeness (QED) is 0.329. The summed E-state index contributed by atoms with van der Waals surface area (Å²) in [5, 5.41) is 4.94. The summed E-state index contributed by atoms with van der Waals surface area (Å²) in [5.41, 5.74) is 4.85. The number of nitrogens with zero attached hydrogens (tertiary/aromatic N) is 2. The van der Waals surface area contributed by atoms with Gasteiger partial charge in [0, 0.05) is 19.5 Å². The lowest BCUT2D eigenvalue weighted by atomic mass is 9.97. The molecule has 2 aromatic carbocycles. The Morgan fingerprint density at radius 1 is 1.10 bits per heavy atom. The number of para-hydroxylation sites is 2. The number of thiophene rings is 1. The van der Waals surface area contributed by atoms with E-state index in [1.807, 2.05) is 23.6 Å². The predicted molar refractivity (Wildman–Crippen MR) is 129 cm³/mol. The minimum Gasteiger partial charge on any atom is -0.351 e. The van der Waals surface area contributed by atoms with Crippen LogP contribution in [0.25, 0.3) is 11.0 Å². The number of fused-ring (bicyclic) bond motifs is 1. The van der Waals surface area contributed by atoms with Gasteiger partial charge in [0.1, 0.15) is 5.82 Å². The van der Waals surface area contributed by atoms with E-state index >= 15 is 0 Å². The molecule has 160 valence electrons. The first-order valence-corrected chi connectivity index (χ1v) is 11.9. The second-order valence-corrected chi connectivity index (χ2v) is 8.94. The number of hydrogen-bond acceptors (Lipinski definition) is 3. The molecule has 1 N–H and O–H groups in total. The lowest BCUT2D eigenvalue weighted by molar-refractivity contribution is 0.0957. The summed E-state index contributed by atoms with van der Waals surface area (Å²) < 4.78 is 2.31. The van der Waals surface area contributed by atoms with Gasteiger partial charge in [-0.15, -0.1) is 11.3 Å². The van der Waals surface area contributed by atoms with Gasteiger partial charge in [0.15, 0.2) is 0 Å². The van der Waals surface area contributed by atoms with Crippen LogP contribution in [0.5, 0.6) is 0 Å². The van der Waals surface area contributed by atoms with Crippen LogP contribution in [-0.2, 0) is 13.0 Å². The Balaban J connectivity index is 1.46. The highest BCUT2D eigenvalue weighted by atomic mass is 32.1. The maximum absolute atomic E-state index is 12.1. The van der Waals surface area contributed by atoms with Crippen molar-refractivity contribution in [3.05, 3.63) is 87.9 Å². The molecule has 0 bridgehead atoms. The first-order valence-electron chi connectivity index (χ1n) is 11.0. The Bertz CT molecular complexity index is 1130. The fourth-order valence-corrected chi connectivity index (χ4v) is 4.45. The van der Waals surface area contributed by atoms with E-state index in [4.69, 9.17) is 4.98 Å². The molecule has 1 amide bonds. The van der Waals surface area contributed by atoms with Gasteiger partial charge in [0.05, 0.1) is 15.9 Å². The number of aromatic nitrogens is 2. The van der Waals surface area contributed by atoms with Crippen molar-refractivity contribution in [1.82, 2.24) is 14.9 Å². The van der Waals surface area contributed by atoms with E-state index in [1.54, 1.807) is 0 Å². The summed E-state index contributed by atoms with van der Waals surface area (Å²) in [5.74, 6) is 1.66. The van der Waals surface area contributed by atoms with E-state index in [9.17, 15) is 4.79 Å². The van der Waals surface area contributed by atoms with E-state index < -0.39 is 0 Å². The maximum Gasteiger partial charge on any atom is 0.261 e. The molecular formula is C26H29N3OS. The summed E-state index contributed by atoms with van der Waals surface area (Å²) in [4.78, 5) is 17.8. The van der Waals surface area contributed by atoms with Gasteiger partial charge in [-0.1, -0.05) is 56.3 Å². The largest absolute Gasteiger partial charge is 0.351 e. The van der Waals surface area contributed by atoms with Crippen molar-refractivity contribution in [2.75, 3.05) is 6.54 Å². The average Bonchev–Trinajstić information content (AvgIpc) is 3.45. The molecule has 0 spiro atoms. The van der Waals surface area contributed by atoms with Crippen LogP contribution in [0.15, 0.2) is 66.0 Å². The second-order valence-electron chi connectivity index (χ2n) is 7.99. The van der Waals surface area contributed by atoms with Crippen molar-refractivity contribution in [3.8, 4) is 0 Å². The van der Waals surface area contributed by atoms with E-state index in [0.29, 0.717) is 12.5 Å². The Hall–Kier alpha value is -2.92. The number of nitrogens with one attached hydrogen (secondary N) is 1. The summed E-state index contributed by atoms with van der Waals surface area (Å²) >= 11 is 1.47. The minimum absolute atomic E-state index is 0.00454. The molecule has 2 heterocycles. The first-order chi connectivity index (χ1) is 15.2. The number of amides is 1. The van der Waals surface area contributed by atoms with Gasteiger partial charge >= 0.3 is 0 Å². The lowest BCUT2D eigenvalue weighted by Crippen LogP contribution is -2.24. The van der Waals surface area contributed by atoms with Gasteiger partial charge in [-0.3, -0.25) is 4.79 Å². The van der Waals surface area contributed by atoms with Crippen molar-refractivity contribution in [1.29, 1.82) is 0 Å². The third-order valence-corrected chi connectivity index (χ3v) is 6.71. The van der Waals surface area contributed by atoms with Gasteiger partial charge in [0.25, 0.3) is 5.91 Å². The highest BCUT2D eigenvalue weighted by molar-refractivity contribution is 7.12. The van der Waals surface area contributed by atoms with Crippen LogP contribution >= 0.6 is 11.3 Å². The number of hydrogen-bond donors (Lipinski definition) is 1. The Kier molecular flexibility index (Phi) is 6.82. The van der Waals surface area contributed by atoms with Crippen molar-refractivity contribution in [2.45, 2.75) is 45.6 Å². The minimum atomic E-state index is 0.00454. The van der Waals surface area contributed by atoms with E-state index in [-0.39, 0.29) is 5.91 Å². The van der Waals surface area contributed by atoms with Gasteiger partial charge < -0.3 is 9.88 Å². The molecule has 0 saturated heterocycles. The topological polar surface area (TPSA) is 46.9 Å². The van der Waals surface area contributed by atoms with Crippen molar-refractivity contribution in [3.63, 3.8) is 0 Å². The van der Waals surface area contributed by atoms with Crippen LogP contribution in [0.1, 0.15) is 59.2 Å². The third-order valence-electron chi connectivity index (χ3n) is 5.84. The number of imidazole rings is 1. The van der Waals surface area contributed by atoms with Crippen LogP contribution in [0, 0.1) is 0 Å². The van der Waals surface area contributed by atoms with Crippen LogP contribution < -0.4 is 5.32 Å². The number of rotatable bonds is 9. The molecule has 0 radical (unpaired) electrons. The fourth-order valence-electron chi connectivity index (χ4n) is 3.81. The summed E-state index contributed by atoms with van der Waals surface area (Å²) in [7, 11) is 0. The number of carbonyl (C=O) groups is 1. The van der Waals surface area contributed by atoms with Crippen LogP contribution in [-0.4, -0.2) is 22.0 Å². The standard InChI is InChI=1S/C26H29N3OS/c1-3-19(2)21-14-12-20(13-15-21)18-29-23-9-5-4-8-22(23)28-25(29)11-6-16-27-26(30)24-10-7-17-31-24/h4-5,7-10,12-15,17,19H,3,6,11,16,18H2,1-2H3,(H,27,30). The van der Waals surface area contributed by atoms with E-state index in [2.05, 4.69) is 66.2 Å². The third kappa shape index (κ3) is 5.05. The molecule has 0 saturated carbocycles. The van der Waals surface area contributed by atoms with Gasteiger partial charge in [-0.2, -0.15) is 0 Å². The Morgan fingerprint density at radius 3 is 2.65 bits per heavy atom. The van der Waals surface area contributed by atoms with Crippen molar-refractivity contribution >= 4 is 28.3 Å². The number of aryl methyl sites for hydroxylation is 1. The van der Waals surface area contributed by atoms with E-state index in [1.165, 1.54) is 22.5 Å². The zero-order valence-electron chi connectivity index (χ0n) is 18.2. The van der Waals surface area contributed by atoms with Crippen LogP contribution in [0.3, 0.4) is 0 Å². The highest BCUT2D eigenvalue weighted by Gasteiger charge is 2.12. The van der Waals surface area contributed by atoms with Crippen molar-refractivity contribution in [2.24, 2.45) is 0 Å². The molecule has 1 unspecified atom stereocenters. The lowest BCUT2D eigenvalue weighted by Gasteiger charge is -2.12. The molecule has 4 aromatic rings. The summed E-state index contributed by atoms with van der Waals surface area (Å²) in [6, 6.07) is 21.0. The van der Waals surface area contributed by atoms with Crippen molar-refractivity contribution < 1.29 is 4.79 Å².